The highest BCUT2D eigenvalue weighted by molar-refractivity contribution is 7.71. The van der Waals surface area contributed by atoms with E-state index in [1.807, 2.05) is 0 Å². The lowest BCUT2D eigenvalue weighted by molar-refractivity contribution is -0.143. The Morgan fingerprint density at radius 3 is 1.74 bits per heavy atom. The summed E-state index contributed by atoms with van der Waals surface area (Å²) in [6.07, 6.45) is -10.6. The van der Waals surface area contributed by atoms with Crippen LogP contribution in [-0.4, -0.2) is 11.3 Å². The van der Waals surface area contributed by atoms with E-state index >= 15 is 0 Å². The van der Waals surface area contributed by atoms with Gasteiger partial charge in [0.05, 0.1) is 11.1 Å². The van der Waals surface area contributed by atoms with Gasteiger partial charge in [0.25, 0.3) is 0 Å². The van der Waals surface area contributed by atoms with Gasteiger partial charge < -0.3 is 4.57 Å². The van der Waals surface area contributed by atoms with E-state index in [0.29, 0.717) is 29.3 Å². The van der Waals surface area contributed by atoms with Crippen molar-refractivity contribution in [2.75, 3.05) is 0 Å². The third-order valence-electron chi connectivity index (χ3n) is 5.71. The number of carbonyl (C=O) groups excluding carboxylic acids is 2. The van der Waals surface area contributed by atoms with Gasteiger partial charge in [-0.1, -0.05) is 36.4 Å². The average Bonchev–Trinajstić information content (AvgIpc) is 2.79. The minimum atomic E-state index is -5.28. The molecular weight excluding hydrogens is 493 g/mol. The van der Waals surface area contributed by atoms with Gasteiger partial charge in [-0.25, -0.2) is 0 Å². The quantitative estimate of drug-likeness (QED) is 0.212. The van der Waals surface area contributed by atoms with E-state index in [4.69, 9.17) is 0 Å². The first-order valence-corrected chi connectivity index (χ1v) is 11.6. The molecule has 184 valence electrons. The van der Waals surface area contributed by atoms with E-state index in [1.165, 1.54) is 26.8 Å². The molecule has 0 radical (unpaired) electrons. The zero-order valence-electron chi connectivity index (χ0n) is 18.7. The molecule has 0 saturated carbocycles. The number of alkyl halides is 6. The summed E-state index contributed by atoms with van der Waals surface area (Å²) in [6.45, 7) is 4.34. The zero-order valence-corrected chi connectivity index (χ0v) is 19.7. The average molecular weight is 512 g/mol. The first-order valence-electron chi connectivity index (χ1n) is 10.2. The van der Waals surface area contributed by atoms with E-state index in [1.54, 1.807) is 30.3 Å². The van der Waals surface area contributed by atoms with Gasteiger partial charge >= 0.3 is 12.4 Å². The summed E-state index contributed by atoms with van der Waals surface area (Å²) in [4.78, 5) is 25.9. The summed E-state index contributed by atoms with van der Waals surface area (Å²) in [7, 11) is -3.85. The van der Waals surface area contributed by atoms with Crippen molar-refractivity contribution in [1.82, 2.24) is 0 Å². The molecule has 1 atom stereocenters. The van der Waals surface area contributed by atoms with Gasteiger partial charge in [-0.3, -0.25) is 9.59 Å². The standard InChI is InChI=1S/C25H19F6O3P/c1-13-12-17(21(32)16-8-5-4-6-9-16)14(2)15(3)22(13)35(34)23(33)20-18(24(26,27)28)10-7-11-19(20)25(29,30)31/h4-12,35H,1-3H3. The van der Waals surface area contributed by atoms with Crippen molar-refractivity contribution in [3.8, 4) is 0 Å². The molecule has 0 heterocycles. The predicted molar refractivity (Wildman–Crippen MR) is 120 cm³/mol. The van der Waals surface area contributed by atoms with Crippen LogP contribution in [-0.2, 0) is 16.9 Å². The number of benzene rings is 3. The smallest absolute Gasteiger partial charge is 0.313 e. The van der Waals surface area contributed by atoms with Crippen LogP contribution < -0.4 is 5.30 Å². The minimum absolute atomic E-state index is 0.155. The Morgan fingerprint density at radius 1 is 0.743 bits per heavy atom. The van der Waals surface area contributed by atoms with Crippen molar-refractivity contribution in [1.29, 1.82) is 0 Å². The Morgan fingerprint density at radius 2 is 1.26 bits per heavy atom. The Bertz CT molecular complexity index is 1310. The monoisotopic (exact) mass is 512 g/mol. The summed E-state index contributed by atoms with van der Waals surface area (Å²) < 4.78 is 94.4. The molecule has 0 fully saturated rings. The molecule has 0 aromatic heterocycles. The molecule has 0 amide bonds. The molecule has 0 aliphatic heterocycles. The van der Waals surface area contributed by atoms with Crippen LogP contribution in [0.2, 0.25) is 0 Å². The van der Waals surface area contributed by atoms with Gasteiger partial charge in [-0.2, -0.15) is 26.3 Å². The summed E-state index contributed by atoms with van der Waals surface area (Å²) in [5, 5.41) is -0.160. The van der Waals surface area contributed by atoms with E-state index in [-0.39, 0.29) is 27.8 Å². The van der Waals surface area contributed by atoms with Crippen LogP contribution in [0.25, 0.3) is 0 Å². The van der Waals surface area contributed by atoms with Gasteiger partial charge in [0.15, 0.2) is 13.6 Å². The number of rotatable bonds is 5. The van der Waals surface area contributed by atoms with Crippen molar-refractivity contribution < 1.29 is 40.5 Å². The molecule has 3 rings (SSSR count). The van der Waals surface area contributed by atoms with E-state index in [9.17, 15) is 40.5 Å². The van der Waals surface area contributed by atoms with Gasteiger partial charge in [0, 0.05) is 22.0 Å². The third-order valence-corrected chi connectivity index (χ3v) is 7.60. The molecule has 35 heavy (non-hydrogen) atoms. The summed E-state index contributed by atoms with van der Waals surface area (Å²) in [6, 6.07) is 10.8. The molecule has 0 saturated heterocycles. The largest absolute Gasteiger partial charge is 0.417 e. The Balaban J connectivity index is 2.17. The lowest BCUT2D eigenvalue weighted by Crippen LogP contribution is -2.22. The lowest BCUT2D eigenvalue weighted by Gasteiger charge is -2.20. The molecule has 0 aliphatic rings. The van der Waals surface area contributed by atoms with Crippen molar-refractivity contribution in [2.24, 2.45) is 0 Å². The number of aryl methyl sites for hydroxylation is 1. The molecule has 0 aliphatic carbocycles. The van der Waals surface area contributed by atoms with Crippen molar-refractivity contribution in [3.63, 3.8) is 0 Å². The highest BCUT2D eigenvalue weighted by Gasteiger charge is 2.44. The van der Waals surface area contributed by atoms with Crippen LogP contribution >= 0.6 is 7.80 Å². The van der Waals surface area contributed by atoms with Crippen molar-refractivity contribution in [2.45, 2.75) is 33.1 Å². The maximum absolute atomic E-state index is 13.5. The normalized spacial score (nSPS) is 12.9. The van der Waals surface area contributed by atoms with Crippen LogP contribution in [0.15, 0.2) is 54.6 Å². The van der Waals surface area contributed by atoms with Crippen LogP contribution in [0.3, 0.4) is 0 Å². The highest BCUT2D eigenvalue weighted by Crippen LogP contribution is 2.43. The van der Waals surface area contributed by atoms with Crippen LogP contribution in [0, 0.1) is 20.8 Å². The molecule has 0 spiro atoms. The van der Waals surface area contributed by atoms with E-state index < -0.39 is 42.4 Å². The second kappa shape index (κ2) is 9.46. The molecule has 3 aromatic carbocycles. The van der Waals surface area contributed by atoms with E-state index in [2.05, 4.69) is 0 Å². The van der Waals surface area contributed by atoms with Gasteiger partial charge in [-0.15, -0.1) is 0 Å². The maximum atomic E-state index is 13.5. The minimum Gasteiger partial charge on any atom is -0.313 e. The van der Waals surface area contributed by atoms with Crippen LogP contribution in [0.4, 0.5) is 26.3 Å². The molecule has 10 heteroatoms. The fourth-order valence-corrected chi connectivity index (χ4v) is 5.59. The lowest BCUT2D eigenvalue weighted by atomic mass is 9.94. The molecule has 0 N–H and O–H groups in total. The predicted octanol–water partition coefficient (Wildman–Crippen LogP) is 6.91. The Kier molecular flexibility index (Phi) is 7.14. The first-order chi connectivity index (χ1) is 16.2. The fraction of sp³-hybridized carbons (Fsp3) is 0.200. The van der Waals surface area contributed by atoms with E-state index in [0.717, 1.165) is 0 Å². The second-order valence-corrected chi connectivity index (χ2v) is 9.56. The molecule has 3 nitrogen and oxygen atoms in total. The van der Waals surface area contributed by atoms with Crippen LogP contribution in [0.5, 0.6) is 0 Å². The molecule has 0 bridgehead atoms. The SMILES string of the molecule is Cc1cc(C(=O)c2ccccc2)c(C)c(C)c1[PH](=O)C(=O)c1c(C(F)(F)F)cccc1C(F)(F)F. The van der Waals surface area contributed by atoms with Crippen LogP contribution in [0.1, 0.15) is 54.1 Å². The Hall–Kier alpha value is -3.19. The number of hydrogen-bond acceptors (Lipinski definition) is 3. The fourth-order valence-electron chi connectivity index (χ4n) is 3.91. The third kappa shape index (κ3) is 5.10. The second-order valence-electron chi connectivity index (χ2n) is 7.94. The zero-order chi connectivity index (χ0) is 26.3. The molecule has 3 aromatic rings. The highest BCUT2D eigenvalue weighted by atomic mass is 31.1. The number of halogens is 6. The summed E-state index contributed by atoms with van der Waals surface area (Å²) >= 11 is 0. The molecule has 1 unspecified atom stereocenters. The van der Waals surface area contributed by atoms with Crippen molar-refractivity contribution in [3.05, 3.63) is 99.1 Å². The number of hydrogen-bond donors (Lipinski definition) is 0. The topological polar surface area (TPSA) is 51.2 Å². The first kappa shape index (κ1) is 26.4. The maximum Gasteiger partial charge on any atom is 0.417 e. The number of ketones is 1. The van der Waals surface area contributed by atoms with Gasteiger partial charge in [0.2, 0.25) is 5.52 Å². The number of carbonyl (C=O) groups is 2. The van der Waals surface area contributed by atoms with Gasteiger partial charge in [0.1, 0.15) is 0 Å². The molecular formula is C25H19F6O3P. The summed E-state index contributed by atoms with van der Waals surface area (Å²) in [5.41, 5.74) is -5.77. The van der Waals surface area contributed by atoms with Gasteiger partial charge in [-0.05, 0) is 55.7 Å². The Labute approximate surface area is 197 Å². The van der Waals surface area contributed by atoms with Crippen molar-refractivity contribution >= 4 is 24.4 Å². The summed E-state index contributed by atoms with van der Waals surface area (Å²) in [5.74, 6) is -0.367.